The highest BCUT2D eigenvalue weighted by molar-refractivity contribution is 7.91. The van der Waals surface area contributed by atoms with Crippen LogP contribution in [-0.2, 0) is 16.6 Å². The first kappa shape index (κ1) is 21.5. The van der Waals surface area contributed by atoms with E-state index in [1.807, 2.05) is 0 Å². The van der Waals surface area contributed by atoms with Crippen molar-refractivity contribution in [1.82, 2.24) is 9.62 Å². The third kappa shape index (κ3) is 5.14. The Balaban J connectivity index is 2.12. The fourth-order valence-electron chi connectivity index (χ4n) is 2.64. The highest BCUT2D eigenvalue weighted by Crippen LogP contribution is 2.30. The molecule has 1 unspecified atom stereocenters. The van der Waals surface area contributed by atoms with Crippen LogP contribution >= 0.6 is 0 Å². The molecule has 0 spiro atoms. The molecule has 0 bridgehead atoms. The van der Waals surface area contributed by atoms with E-state index in [0.29, 0.717) is 11.1 Å². The second kappa shape index (κ2) is 8.49. The summed E-state index contributed by atoms with van der Waals surface area (Å²) in [4.78, 5) is 24.3. The van der Waals surface area contributed by atoms with Gasteiger partial charge in [0.15, 0.2) is 5.78 Å². The molecule has 0 saturated carbocycles. The number of nitrogens with one attached hydrogen (secondary N) is 1. The van der Waals surface area contributed by atoms with Crippen LogP contribution in [0.1, 0.15) is 29.3 Å². The average Bonchev–Trinajstić information content (AvgIpc) is 2.64. The van der Waals surface area contributed by atoms with Crippen molar-refractivity contribution in [3.05, 3.63) is 81.7 Å². The molecule has 1 N–H and O–H groups in total. The molecule has 0 radical (unpaired) electrons. The van der Waals surface area contributed by atoms with Gasteiger partial charge in [0.25, 0.3) is 0 Å². The SMILES string of the molecule is CN(C)C=CC(=O)c1cccc(CNS(=O)(=O)C2(C)C=CC=C([N+](=O)[O-])C2)c1. The molecule has 0 fully saturated rings. The largest absolute Gasteiger partial charge is 0.383 e. The zero-order chi connectivity index (χ0) is 20.9. The summed E-state index contributed by atoms with van der Waals surface area (Å²) in [6.45, 7) is 1.41. The molecule has 9 heteroatoms. The lowest BCUT2D eigenvalue weighted by Gasteiger charge is -2.26. The third-order valence-corrected chi connectivity index (χ3v) is 6.35. The van der Waals surface area contributed by atoms with Gasteiger partial charge in [-0.15, -0.1) is 0 Å². The number of ketones is 1. The summed E-state index contributed by atoms with van der Waals surface area (Å²) in [5, 5.41) is 11.0. The second-order valence-electron chi connectivity index (χ2n) is 6.93. The molecule has 8 nitrogen and oxygen atoms in total. The van der Waals surface area contributed by atoms with Crippen molar-refractivity contribution in [3.63, 3.8) is 0 Å². The summed E-state index contributed by atoms with van der Waals surface area (Å²) in [6, 6.07) is 6.65. The topological polar surface area (TPSA) is 110 Å². The second-order valence-corrected chi connectivity index (χ2v) is 9.16. The van der Waals surface area contributed by atoms with Crippen LogP contribution in [0.2, 0.25) is 0 Å². The number of nitrogens with zero attached hydrogens (tertiary/aromatic N) is 2. The Bertz CT molecular complexity index is 964. The Labute approximate surface area is 164 Å². The molecular formula is C19H23N3O5S. The highest BCUT2D eigenvalue weighted by Gasteiger charge is 2.41. The van der Waals surface area contributed by atoms with Crippen LogP contribution < -0.4 is 4.72 Å². The van der Waals surface area contributed by atoms with Crippen LogP contribution in [0.3, 0.4) is 0 Å². The van der Waals surface area contributed by atoms with Gasteiger partial charge in [0.05, 0.1) is 11.3 Å². The van der Waals surface area contributed by atoms with E-state index < -0.39 is 19.7 Å². The van der Waals surface area contributed by atoms with Crippen LogP contribution in [-0.4, -0.2) is 42.9 Å². The van der Waals surface area contributed by atoms with Crippen LogP contribution in [0.25, 0.3) is 0 Å². The van der Waals surface area contributed by atoms with Crippen molar-refractivity contribution in [3.8, 4) is 0 Å². The molecule has 1 atom stereocenters. The van der Waals surface area contributed by atoms with Crippen molar-refractivity contribution in [1.29, 1.82) is 0 Å². The van der Waals surface area contributed by atoms with Crippen LogP contribution in [0, 0.1) is 10.1 Å². The quantitative estimate of drug-likeness (QED) is 0.307. The summed E-state index contributed by atoms with van der Waals surface area (Å²) in [5.41, 5.74) is 0.897. The van der Waals surface area contributed by atoms with Gasteiger partial charge >= 0.3 is 0 Å². The molecule has 0 saturated heterocycles. The number of sulfonamides is 1. The molecule has 1 aromatic rings. The maximum Gasteiger partial charge on any atom is 0.248 e. The standard InChI is InChI=1S/C19H23N3O5S/c1-19(10-5-8-17(13-19)22(24)25)28(26,27)20-14-15-6-4-7-16(12-15)18(23)9-11-21(2)3/h4-12,20H,13-14H2,1-3H3. The van der Waals surface area contributed by atoms with Crippen molar-refractivity contribution >= 4 is 15.8 Å². The molecule has 0 aliphatic heterocycles. The zero-order valence-corrected chi connectivity index (χ0v) is 16.8. The normalized spacial score (nSPS) is 19.5. The summed E-state index contributed by atoms with van der Waals surface area (Å²) in [7, 11) is -0.289. The fraction of sp³-hybridized carbons (Fsp3) is 0.316. The molecule has 1 aromatic carbocycles. The first-order valence-corrected chi connectivity index (χ1v) is 10.0. The number of allylic oxidation sites excluding steroid dienone is 4. The number of benzene rings is 1. The van der Waals surface area contributed by atoms with Gasteiger partial charge < -0.3 is 4.90 Å². The maximum atomic E-state index is 12.7. The van der Waals surface area contributed by atoms with E-state index in [1.165, 1.54) is 31.2 Å². The molecule has 1 aliphatic rings. The number of rotatable bonds is 8. The maximum absolute atomic E-state index is 12.7. The molecule has 2 rings (SSSR count). The van der Waals surface area contributed by atoms with Gasteiger partial charge in [0.2, 0.25) is 15.7 Å². The summed E-state index contributed by atoms with van der Waals surface area (Å²) >= 11 is 0. The molecule has 28 heavy (non-hydrogen) atoms. The highest BCUT2D eigenvalue weighted by atomic mass is 32.2. The number of carbonyl (C=O) groups excluding carboxylic acids is 1. The number of hydrogen-bond acceptors (Lipinski definition) is 6. The smallest absolute Gasteiger partial charge is 0.248 e. The fourth-order valence-corrected chi connectivity index (χ4v) is 3.92. The molecule has 150 valence electrons. The van der Waals surface area contributed by atoms with Crippen molar-refractivity contribution in [2.75, 3.05) is 14.1 Å². The first-order chi connectivity index (χ1) is 13.0. The van der Waals surface area contributed by atoms with Crippen molar-refractivity contribution in [2.24, 2.45) is 0 Å². The molecule has 1 aliphatic carbocycles. The number of hydrogen-bond donors (Lipinski definition) is 1. The Morgan fingerprint density at radius 3 is 2.75 bits per heavy atom. The molecule has 0 heterocycles. The average molecular weight is 405 g/mol. The Hall–Kier alpha value is -2.78. The number of carbonyl (C=O) groups is 1. The van der Waals surface area contributed by atoms with E-state index in [9.17, 15) is 23.3 Å². The van der Waals surface area contributed by atoms with Crippen molar-refractivity contribution in [2.45, 2.75) is 24.6 Å². The third-order valence-electron chi connectivity index (χ3n) is 4.32. The molecule has 0 amide bonds. The molecular weight excluding hydrogens is 382 g/mol. The lowest BCUT2D eigenvalue weighted by Crippen LogP contribution is -2.43. The van der Waals surface area contributed by atoms with Gasteiger partial charge in [-0.2, -0.15) is 0 Å². The number of nitro groups is 1. The predicted octanol–water partition coefficient (Wildman–Crippen LogP) is 2.24. The Kier molecular flexibility index (Phi) is 6.52. The Morgan fingerprint density at radius 1 is 1.39 bits per heavy atom. The summed E-state index contributed by atoms with van der Waals surface area (Å²) in [6.07, 6.45) is 6.97. The Morgan fingerprint density at radius 2 is 2.11 bits per heavy atom. The van der Waals surface area contributed by atoms with Crippen LogP contribution in [0.4, 0.5) is 0 Å². The van der Waals surface area contributed by atoms with E-state index in [4.69, 9.17) is 0 Å². The van der Waals surface area contributed by atoms with Gasteiger partial charge in [-0.1, -0.05) is 30.4 Å². The first-order valence-electron chi connectivity index (χ1n) is 8.54. The minimum atomic E-state index is -3.89. The predicted molar refractivity (Wildman–Crippen MR) is 107 cm³/mol. The van der Waals surface area contributed by atoms with Gasteiger partial charge in [0, 0.05) is 44.6 Å². The van der Waals surface area contributed by atoms with Crippen LogP contribution in [0.5, 0.6) is 0 Å². The monoisotopic (exact) mass is 405 g/mol. The van der Waals surface area contributed by atoms with Gasteiger partial charge in [0.1, 0.15) is 4.75 Å². The van der Waals surface area contributed by atoms with E-state index in [1.54, 1.807) is 49.5 Å². The van der Waals surface area contributed by atoms with Gasteiger partial charge in [-0.25, -0.2) is 13.1 Å². The summed E-state index contributed by atoms with van der Waals surface area (Å²) in [5.74, 6) is -0.193. The minimum absolute atomic E-state index is 0.0260. The van der Waals surface area contributed by atoms with E-state index in [2.05, 4.69) is 4.72 Å². The van der Waals surface area contributed by atoms with E-state index in [-0.39, 0.29) is 24.4 Å². The zero-order valence-electron chi connectivity index (χ0n) is 16.0. The molecule has 0 aromatic heterocycles. The lowest BCUT2D eigenvalue weighted by atomic mass is 10.00. The minimum Gasteiger partial charge on any atom is -0.383 e. The van der Waals surface area contributed by atoms with Gasteiger partial charge in [-0.05, 0) is 18.6 Å². The van der Waals surface area contributed by atoms with Crippen molar-refractivity contribution < 1.29 is 18.1 Å². The summed E-state index contributed by atoms with van der Waals surface area (Å²) < 4.78 is 26.6. The van der Waals surface area contributed by atoms with Crippen LogP contribution in [0.15, 0.2) is 60.5 Å². The van der Waals surface area contributed by atoms with Gasteiger partial charge in [-0.3, -0.25) is 14.9 Å². The van der Waals surface area contributed by atoms with E-state index in [0.717, 1.165) is 0 Å². The van der Waals surface area contributed by atoms with E-state index >= 15 is 0 Å². The lowest BCUT2D eigenvalue weighted by molar-refractivity contribution is -0.428.